The number of aryl methyl sites for hydroxylation is 1. The van der Waals surface area contributed by atoms with Crippen molar-refractivity contribution in [2.45, 2.75) is 26.3 Å². The van der Waals surface area contributed by atoms with Crippen molar-refractivity contribution < 1.29 is 0 Å². The van der Waals surface area contributed by atoms with Crippen LogP contribution in [0.15, 0.2) is 18.3 Å². The molecule has 74 valence electrons. The SMILES string of the molecule is Cc1ccn2nc(CC(C)N)nc2c1. The van der Waals surface area contributed by atoms with Gasteiger partial charge in [-0.25, -0.2) is 9.50 Å². The van der Waals surface area contributed by atoms with E-state index < -0.39 is 0 Å². The number of aromatic nitrogens is 3. The summed E-state index contributed by atoms with van der Waals surface area (Å²) < 4.78 is 1.78. The minimum absolute atomic E-state index is 0.105. The van der Waals surface area contributed by atoms with Crippen molar-refractivity contribution in [2.75, 3.05) is 0 Å². The zero-order valence-electron chi connectivity index (χ0n) is 8.44. The average Bonchev–Trinajstić information content (AvgIpc) is 2.44. The molecule has 2 N–H and O–H groups in total. The van der Waals surface area contributed by atoms with Gasteiger partial charge in [0.1, 0.15) is 0 Å². The first-order valence-electron chi connectivity index (χ1n) is 4.72. The van der Waals surface area contributed by atoms with E-state index >= 15 is 0 Å². The normalized spacial score (nSPS) is 13.4. The highest BCUT2D eigenvalue weighted by atomic mass is 15.3. The lowest BCUT2D eigenvalue weighted by molar-refractivity contribution is 0.699. The Kier molecular flexibility index (Phi) is 2.21. The fraction of sp³-hybridized carbons (Fsp3) is 0.400. The van der Waals surface area contributed by atoms with E-state index in [1.165, 1.54) is 5.56 Å². The Hall–Kier alpha value is -1.42. The van der Waals surface area contributed by atoms with Gasteiger partial charge >= 0.3 is 0 Å². The summed E-state index contributed by atoms with van der Waals surface area (Å²) >= 11 is 0. The highest BCUT2D eigenvalue weighted by molar-refractivity contribution is 5.39. The van der Waals surface area contributed by atoms with E-state index in [2.05, 4.69) is 10.1 Å². The molecule has 0 aliphatic rings. The zero-order chi connectivity index (χ0) is 10.1. The first kappa shape index (κ1) is 9.15. The number of rotatable bonds is 2. The predicted octanol–water partition coefficient (Wildman–Crippen LogP) is 0.927. The maximum atomic E-state index is 5.69. The van der Waals surface area contributed by atoms with Crippen LogP contribution in [0, 0.1) is 6.92 Å². The van der Waals surface area contributed by atoms with Gasteiger partial charge in [0.15, 0.2) is 11.5 Å². The molecular formula is C10H14N4. The lowest BCUT2D eigenvalue weighted by atomic mass is 10.2. The molecule has 0 amide bonds. The standard InChI is InChI=1S/C10H14N4/c1-7-3-4-14-10(5-7)12-9(13-14)6-8(2)11/h3-5,8H,6,11H2,1-2H3. The molecule has 2 aromatic heterocycles. The van der Waals surface area contributed by atoms with Crippen molar-refractivity contribution in [3.05, 3.63) is 29.7 Å². The van der Waals surface area contributed by atoms with Gasteiger partial charge in [-0.3, -0.25) is 0 Å². The second-order valence-corrected chi connectivity index (χ2v) is 3.72. The van der Waals surface area contributed by atoms with Gasteiger partial charge in [0.2, 0.25) is 0 Å². The average molecular weight is 190 g/mol. The molecule has 4 nitrogen and oxygen atoms in total. The van der Waals surface area contributed by atoms with E-state index in [1.54, 1.807) is 4.52 Å². The minimum Gasteiger partial charge on any atom is -0.328 e. The molecule has 0 aliphatic carbocycles. The molecule has 0 spiro atoms. The van der Waals surface area contributed by atoms with Crippen molar-refractivity contribution in [3.8, 4) is 0 Å². The maximum Gasteiger partial charge on any atom is 0.155 e. The van der Waals surface area contributed by atoms with Crippen molar-refractivity contribution in [3.63, 3.8) is 0 Å². The number of pyridine rings is 1. The predicted molar refractivity (Wildman–Crippen MR) is 55.1 cm³/mol. The molecule has 2 heterocycles. The lowest BCUT2D eigenvalue weighted by Gasteiger charge is -1.97. The monoisotopic (exact) mass is 190 g/mol. The second-order valence-electron chi connectivity index (χ2n) is 3.72. The molecule has 0 aromatic carbocycles. The van der Waals surface area contributed by atoms with Crippen LogP contribution in [-0.2, 0) is 6.42 Å². The number of nitrogens with two attached hydrogens (primary N) is 1. The van der Waals surface area contributed by atoms with Crippen LogP contribution in [0.25, 0.3) is 5.65 Å². The van der Waals surface area contributed by atoms with Crippen molar-refractivity contribution in [2.24, 2.45) is 5.73 Å². The zero-order valence-corrected chi connectivity index (χ0v) is 8.44. The maximum absolute atomic E-state index is 5.69. The summed E-state index contributed by atoms with van der Waals surface area (Å²) in [7, 11) is 0. The van der Waals surface area contributed by atoms with Crippen molar-refractivity contribution in [1.29, 1.82) is 0 Å². The van der Waals surface area contributed by atoms with E-state index in [9.17, 15) is 0 Å². The Morgan fingerprint density at radius 3 is 3.07 bits per heavy atom. The van der Waals surface area contributed by atoms with Crippen LogP contribution < -0.4 is 5.73 Å². The molecule has 14 heavy (non-hydrogen) atoms. The summed E-state index contributed by atoms with van der Waals surface area (Å²) in [4.78, 5) is 4.39. The number of hydrogen-bond donors (Lipinski definition) is 1. The summed E-state index contributed by atoms with van der Waals surface area (Å²) in [5.41, 5.74) is 7.77. The molecule has 0 saturated carbocycles. The fourth-order valence-electron chi connectivity index (χ4n) is 1.40. The Labute approximate surface area is 82.8 Å². The van der Waals surface area contributed by atoms with E-state index in [4.69, 9.17) is 5.73 Å². The van der Waals surface area contributed by atoms with E-state index in [0.717, 1.165) is 17.9 Å². The fourth-order valence-corrected chi connectivity index (χ4v) is 1.40. The number of fused-ring (bicyclic) bond motifs is 1. The van der Waals surface area contributed by atoms with Crippen molar-refractivity contribution in [1.82, 2.24) is 14.6 Å². The van der Waals surface area contributed by atoms with E-state index in [1.807, 2.05) is 32.2 Å². The Morgan fingerprint density at radius 1 is 1.57 bits per heavy atom. The molecule has 0 radical (unpaired) electrons. The summed E-state index contributed by atoms with van der Waals surface area (Å²) in [5.74, 6) is 0.811. The molecule has 0 aliphatic heterocycles. The molecule has 1 atom stereocenters. The van der Waals surface area contributed by atoms with Gasteiger partial charge in [0, 0.05) is 18.7 Å². The topological polar surface area (TPSA) is 56.2 Å². The Balaban J connectivity index is 2.41. The van der Waals surface area contributed by atoms with Crippen LogP contribution in [0.4, 0.5) is 0 Å². The van der Waals surface area contributed by atoms with Gasteiger partial charge in [-0.1, -0.05) is 0 Å². The Bertz CT molecular complexity index is 444. The highest BCUT2D eigenvalue weighted by Gasteiger charge is 2.05. The summed E-state index contributed by atoms with van der Waals surface area (Å²) in [5, 5.41) is 4.32. The molecule has 4 heteroatoms. The third-order valence-electron chi connectivity index (χ3n) is 2.04. The third-order valence-corrected chi connectivity index (χ3v) is 2.04. The van der Waals surface area contributed by atoms with E-state index in [0.29, 0.717) is 0 Å². The molecule has 2 aromatic rings. The largest absolute Gasteiger partial charge is 0.328 e. The van der Waals surface area contributed by atoms with Crippen LogP contribution in [-0.4, -0.2) is 20.6 Å². The minimum atomic E-state index is 0.105. The smallest absolute Gasteiger partial charge is 0.155 e. The van der Waals surface area contributed by atoms with Crippen LogP contribution in [0.5, 0.6) is 0 Å². The quantitative estimate of drug-likeness (QED) is 0.766. The number of nitrogens with zero attached hydrogens (tertiary/aromatic N) is 3. The molecular weight excluding hydrogens is 176 g/mol. The van der Waals surface area contributed by atoms with Gasteiger partial charge in [0.25, 0.3) is 0 Å². The second kappa shape index (κ2) is 3.38. The molecule has 0 fully saturated rings. The van der Waals surface area contributed by atoms with Crippen molar-refractivity contribution >= 4 is 5.65 Å². The van der Waals surface area contributed by atoms with Gasteiger partial charge < -0.3 is 5.73 Å². The molecule has 1 unspecified atom stereocenters. The van der Waals surface area contributed by atoms with E-state index in [-0.39, 0.29) is 6.04 Å². The molecule has 0 bridgehead atoms. The van der Waals surface area contributed by atoms with Gasteiger partial charge in [-0.15, -0.1) is 0 Å². The summed E-state index contributed by atoms with van der Waals surface area (Å²) in [6.45, 7) is 4.00. The van der Waals surface area contributed by atoms with Gasteiger partial charge in [0.05, 0.1) is 0 Å². The summed E-state index contributed by atoms with van der Waals surface area (Å²) in [6.07, 6.45) is 2.64. The van der Waals surface area contributed by atoms with Crippen LogP contribution in [0.1, 0.15) is 18.3 Å². The first-order valence-corrected chi connectivity index (χ1v) is 4.72. The van der Waals surface area contributed by atoms with Crippen LogP contribution in [0.3, 0.4) is 0 Å². The first-order chi connectivity index (χ1) is 6.65. The van der Waals surface area contributed by atoms with Gasteiger partial charge in [-0.2, -0.15) is 5.10 Å². The number of hydrogen-bond acceptors (Lipinski definition) is 3. The van der Waals surface area contributed by atoms with Crippen LogP contribution in [0.2, 0.25) is 0 Å². The Morgan fingerprint density at radius 2 is 2.36 bits per heavy atom. The van der Waals surface area contributed by atoms with Crippen LogP contribution >= 0.6 is 0 Å². The summed E-state index contributed by atoms with van der Waals surface area (Å²) in [6, 6.07) is 4.13. The third kappa shape index (κ3) is 1.75. The highest BCUT2D eigenvalue weighted by Crippen LogP contribution is 2.05. The van der Waals surface area contributed by atoms with Gasteiger partial charge in [-0.05, 0) is 31.5 Å². The lowest BCUT2D eigenvalue weighted by Crippen LogP contribution is -2.18. The molecule has 0 saturated heterocycles. The molecule has 2 rings (SSSR count).